The summed E-state index contributed by atoms with van der Waals surface area (Å²) in [5.74, 6) is 1.65. The smallest absolute Gasteiger partial charge is 0.159 e. The molecule has 2 aromatic heterocycles. The molecule has 8 aromatic rings. The van der Waals surface area contributed by atoms with Crippen LogP contribution < -0.4 is 5.32 Å². The quantitative estimate of drug-likeness (QED) is 0.196. The van der Waals surface area contributed by atoms with Crippen molar-refractivity contribution in [1.82, 2.24) is 9.88 Å². The minimum atomic E-state index is -0.202. The third kappa shape index (κ3) is 4.81. The maximum Gasteiger partial charge on any atom is 0.159 e. The van der Waals surface area contributed by atoms with E-state index in [1.165, 1.54) is 58.7 Å². The molecule has 5 heteroatoms. The van der Waals surface area contributed by atoms with Crippen LogP contribution in [0, 0.1) is 0 Å². The van der Waals surface area contributed by atoms with E-state index >= 15 is 0 Å². The van der Waals surface area contributed by atoms with Gasteiger partial charge in [-0.2, -0.15) is 0 Å². The fourth-order valence-corrected chi connectivity index (χ4v) is 8.74. The van der Waals surface area contributed by atoms with Gasteiger partial charge in [-0.05, 0) is 77.6 Å². The van der Waals surface area contributed by atoms with Crippen LogP contribution in [-0.2, 0) is 0 Å². The summed E-state index contributed by atoms with van der Waals surface area (Å²) in [6.07, 6.45) is 8.28. The number of rotatable bonds is 5. The molecule has 1 N–H and O–H groups in total. The molecule has 0 saturated carbocycles. The molecule has 1 atom stereocenters. The number of aromatic nitrogens is 1. The molecule has 0 bridgehead atoms. The van der Waals surface area contributed by atoms with Gasteiger partial charge in [0.15, 0.2) is 5.84 Å². The van der Waals surface area contributed by atoms with Gasteiger partial charge in [0.2, 0.25) is 0 Å². The van der Waals surface area contributed by atoms with Crippen molar-refractivity contribution in [2.75, 3.05) is 0 Å². The summed E-state index contributed by atoms with van der Waals surface area (Å²) in [6, 6.07) is 50.2. The predicted molar refractivity (Wildman–Crippen MR) is 212 cm³/mol. The lowest BCUT2D eigenvalue weighted by Crippen LogP contribution is -2.34. The molecule has 238 valence electrons. The van der Waals surface area contributed by atoms with Gasteiger partial charge in [0.1, 0.15) is 12.0 Å². The Labute approximate surface area is 294 Å². The molecule has 1 aliphatic heterocycles. The van der Waals surface area contributed by atoms with Crippen molar-refractivity contribution >= 4 is 65.0 Å². The Morgan fingerprint density at radius 2 is 1.42 bits per heavy atom. The Morgan fingerprint density at radius 3 is 2.28 bits per heavy atom. The van der Waals surface area contributed by atoms with E-state index in [-0.39, 0.29) is 6.17 Å². The van der Waals surface area contributed by atoms with Gasteiger partial charge < -0.3 is 9.88 Å². The first-order chi connectivity index (χ1) is 24.8. The summed E-state index contributed by atoms with van der Waals surface area (Å²) in [5.41, 5.74) is 9.31. The molecule has 6 aromatic carbocycles. The Morgan fingerprint density at radius 1 is 0.660 bits per heavy atom. The first-order valence-electron chi connectivity index (χ1n) is 17.2. The Kier molecular flexibility index (Phi) is 6.84. The lowest BCUT2D eigenvalue weighted by molar-refractivity contribution is 0.671. The Hall–Kier alpha value is -6.04. The van der Waals surface area contributed by atoms with Crippen LogP contribution in [0.4, 0.5) is 0 Å². The van der Waals surface area contributed by atoms with Crippen molar-refractivity contribution in [2.24, 2.45) is 9.98 Å². The number of nitrogens with one attached hydrogen (secondary N) is 1. The number of para-hydroxylation sites is 1. The maximum atomic E-state index is 5.11. The molecule has 3 heterocycles. The standard InChI is InChI=1S/C45H32N4S/c1-3-12-29(13-4-1)43-46-44(30-14-5-2-6-15-30)48-45(47-43)31-22-25-33(26-23-31)49-39-20-9-7-16-35(39)36-27-24-32(28-40(36)49)34-18-11-19-38-37-17-8-10-21-41(37)50-42(34)38/h1-5,7-14,16-28,43H,6,15H2,(H,46,47,48). The second-order valence-corrected chi connectivity index (χ2v) is 14.0. The minimum absolute atomic E-state index is 0.202. The van der Waals surface area contributed by atoms with Crippen molar-refractivity contribution < 1.29 is 0 Å². The first kappa shape index (κ1) is 28.9. The lowest BCUT2D eigenvalue weighted by Gasteiger charge is -2.25. The summed E-state index contributed by atoms with van der Waals surface area (Å²) >= 11 is 1.88. The van der Waals surface area contributed by atoms with E-state index in [1.807, 2.05) is 17.4 Å². The third-order valence-electron chi connectivity index (χ3n) is 9.95. The van der Waals surface area contributed by atoms with E-state index in [0.717, 1.165) is 41.3 Å². The first-order valence-corrected chi connectivity index (χ1v) is 18.0. The van der Waals surface area contributed by atoms with Gasteiger partial charge in [0.05, 0.1) is 11.0 Å². The van der Waals surface area contributed by atoms with E-state index in [0.29, 0.717) is 0 Å². The number of amidine groups is 2. The highest BCUT2D eigenvalue weighted by molar-refractivity contribution is 7.26. The van der Waals surface area contributed by atoms with Gasteiger partial charge >= 0.3 is 0 Å². The normalized spacial score (nSPS) is 16.1. The number of fused-ring (bicyclic) bond motifs is 6. The Bertz CT molecular complexity index is 2720. The molecule has 0 amide bonds. The van der Waals surface area contributed by atoms with Crippen LogP contribution in [0.25, 0.3) is 58.8 Å². The highest BCUT2D eigenvalue weighted by Crippen LogP contribution is 2.41. The molecule has 0 spiro atoms. The fraction of sp³-hybridized carbons (Fsp3) is 0.0667. The minimum Gasteiger partial charge on any atom is -0.344 e. The monoisotopic (exact) mass is 660 g/mol. The van der Waals surface area contributed by atoms with Crippen LogP contribution in [0.5, 0.6) is 0 Å². The molecule has 0 fully saturated rings. The van der Waals surface area contributed by atoms with E-state index in [4.69, 9.17) is 9.98 Å². The highest BCUT2D eigenvalue weighted by Gasteiger charge is 2.23. The number of nitrogens with zero attached hydrogens (tertiary/aromatic N) is 3. The fourth-order valence-electron chi connectivity index (χ4n) is 7.50. The Balaban J connectivity index is 1.09. The summed E-state index contributed by atoms with van der Waals surface area (Å²) in [5, 5.41) is 8.74. The number of benzene rings is 6. The van der Waals surface area contributed by atoms with Crippen LogP contribution in [-0.4, -0.2) is 16.2 Å². The maximum absolute atomic E-state index is 5.11. The summed E-state index contributed by atoms with van der Waals surface area (Å²) in [6.45, 7) is 0. The zero-order valence-corrected chi connectivity index (χ0v) is 28.1. The lowest BCUT2D eigenvalue weighted by atomic mass is 10.0. The second kappa shape index (κ2) is 11.8. The van der Waals surface area contributed by atoms with Gasteiger partial charge in [-0.1, -0.05) is 115 Å². The molecule has 2 aliphatic rings. The number of thiophene rings is 1. The number of hydrogen-bond acceptors (Lipinski definition) is 4. The van der Waals surface area contributed by atoms with E-state index < -0.39 is 0 Å². The predicted octanol–water partition coefficient (Wildman–Crippen LogP) is 11.5. The van der Waals surface area contributed by atoms with Crippen LogP contribution in [0.1, 0.15) is 30.1 Å². The van der Waals surface area contributed by atoms with Crippen molar-refractivity contribution in [1.29, 1.82) is 0 Å². The van der Waals surface area contributed by atoms with Crippen molar-refractivity contribution in [3.8, 4) is 16.8 Å². The molecule has 1 unspecified atom stereocenters. The molecule has 0 saturated heterocycles. The third-order valence-corrected chi connectivity index (χ3v) is 11.2. The van der Waals surface area contributed by atoms with E-state index in [2.05, 4.69) is 162 Å². The summed E-state index contributed by atoms with van der Waals surface area (Å²) < 4.78 is 5.05. The van der Waals surface area contributed by atoms with Crippen LogP contribution >= 0.6 is 11.3 Å². The van der Waals surface area contributed by atoms with Gasteiger partial charge in [-0.25, -0.2) is 9.98 Å². The molecular weight excluding hydrogens is 629 g/mol. The van der Waals surface area contributed by atoms with E-state index in [9.17, 15) is 0 Å². The molecule has 10 rings (SSSR count). The molecule has 0 radical (unpaired) electrons. The van der Waals surface area contributed by atoms with Crippen molar-refractivity contribution in [2.45, 2.75) is 19.0 Å². The van der Waals surface area contributed by atoms with Crippen molar-refractivity contribution in [3.63, 3.8) is 0 Å². The van der Waals surface area contributed by atoms with Gasteiger partial charge in [-0.15, -0.1) is 11.3 Å². The summed E-state index contributed by atoms with van der Waals surface area (Å²) in [7, 11) is 0. The summed E-state index contributed by atoms with van der Waals surface area (Å²) in [4.78, 5) is 10.2. The number of allylic oxidation sites excluding steroid dienone is 3. The van der Waals surface area contributed by atoms with E-state index in [1.54, 1.807) is 0 Å². The SMILES string of the molecule is C1=CCCC(C2=NC(c3ccc(-n4c5ccccc5c5ccc(-c6cccc7c6sc6ccccc67)cc54)cc3)=NC(c3ccccc3)N2)=C1. The van der Waals surface area contributed by atoms with Crippen LogP contribution in [0.2, 0.25) is 0 Å². The molecule has 50 heavy (non-hydrogen) atoms. The van der Waals surface area contributed by atoms with Crippen LogP contribution in [0.3, 0.4) is 0 Å². The van der Waals surface area contributed by atoms with Gasteiger partial charge in [-0.3, -0.25) is 0 Å². The van der Waals surface area contributed by atoms with Crippen LogP contribution in [0.15, 0.2) is 173 Å². The van der Waals surface area contributed by atoms with Gasteiger partial charge in [0, 0.05) is 42.2 Å². The average molecular weight is 661 g/mol. The number of aliphatic imine (C=N–C) groups is 2. The molecule has 1 aliphatic carbocycles. The zero-order chi connectivity index (χ0) is 33.0. The average Bonchev–Trinajstić information content (AvgIpc) is 3.74. The van der Waals surface area contributed by atoms with Crippen molar-refractivity contribution in [3.05, 3.63) is 174 Å². The second-order valence-electron chi connectivity index (χ2n) is 12.9. The topological polar surface area (TPSA) is 41.7 Å². The molecule has 4 nitrogen and oxygen atoms in total. The van der Waals surface area contributed by atoms with Gasteiger partial charge in [0.25, 0.3) is 0 Å². The zero-order valence-electron chi connectivity index (χ0n) is 27.3. The number of hydrogen-bond donors (Lipinski definition) is 1. The largest absolute Gasteiger partial charge is 0.344 e. The highest BCUT2D eigenvalue weighted by atomic mass is 32.1. The molecular formula is C45H32N4S.